The molecular weight excluding hydrogens is 180 g/mol. The molecule has 0 saturated carbocycles. The van der Waals surface area contributed by atoms with Gasteiger partial charge in [-0.05, 0) is 11.6 Å². The molecule has 3 heteroatoms. The molecule has 13 heavy (non-hydrogen) atoms. The number of rotatable bonds is 1. The fourth-order valence-corrected chi connectivity index (χ4v) is 1.53. The monoisotopic (exact) mass is 190 g/mol. The molecule has 0 atom stereocenters. The summed E-state index contributed by atoms with van der Waals surface area (Å²) in [5.74, 6) is 0. The summed E-state index contributed by atoms with van der Waals surface area (Å²) < 4.78 is 0. The van der Waals surface area contributed by atoms with Gasteiger partial charge in [0.1, 0.15) is 4.99 Å². The average molecular weight is 190 g/mol. The molecule has 1 aromatic carbocycles. The van der Waals surface area contributed by atoms with Gasteiger partial charge in [-0.1, -0.05) is 30.4 Å². The van der Waals surface area contributed by atoms with Gasteiger partial charge in [-0.2, -0.15) is 0 Å². The van der Waals surface area contributed by atoms with Crippen molar-refractivity contribution >= 4 is 22.9 Å². The highest BCUT2D eigenvalue weighted by Gasteiger charge is 2.10. The molecule has 0 amide bonds. The van der Waals surface area contributed by atoms with E-state index in [4.69, 9.17) is 18.0 Å². The Morgan fingerprint density at radius 3 is 2.92 bits per heavy atom. The number of nitrogens with one attached hydrogen (secondary N) is 1. The zero-order valence-electron chi connectivity index (χ0n) is 7.08. The van der Waals surface area contributed by atoms with Crippen molar-refractivity contribution in [3.63, 3.8) is 0 Å². The maximum Gasteiger partial charge on any atom is 0.101 e. The van der Waals surface area contributed by atoms with Gasteiger partial charge in [-0.15, -0.1) is 0 Å². The van der Waals surface area contributed by atoms with E-state index in [9.17, 15) is 0 Å². The van der Waals surface area contributed by atoms with Crippen molar-refractivity contribution < 1.29 is 0 Å². The maximum absolute atomic E-state index is 5.55. The van der Waals surface area contributed by atoms with E-state index < -0.39 is 0 Å². The first-order valence-corrected chi connectivity index (χ1v) is 4.51. The first-order valence-electron chi connectivity index (χ1n) is 4.10. The van der Waals surface area contributed by atoms with Crippen molar-refractivity contribution in [3.8, 4) is 0 Å². The second-order valence-corrected chi connectivity index (χ2v) is 3.45. The van der Waals surface area contributed by atoms with Gasteiger partial charge >= 0.3 is 0 Å². The molecule has 0 saturated heterocycles. The molecule has 0 bridgehead atoms. The van der Waals surface area contributed by atoms with E-state index in [1.807, 2.05) is 24.4 Å². The Morgan fingerprint density at radius 2 is 2.15 bits per heavy atom. The zero-order valence-corrected chi connectivity index (χ0v) is 7.90. The number of benzene rings is 1. The molecule has 0 unspecified atom stereocenters. The van der Waals surface area contributed by atoms with Crippen molar-refractivity contribution in [1.82, 2.24) is 0 Å². The van der Waals surface area contributed by atoms with Gasteiger partial charge in [0.15, 0.2) is 0 Å². The Balaban J connectivity index is 2.33. The molecule has 1 aliphatic rings. The Hall–Kier alpha value is -1.35. The molecule has 0 aromatic heterocycles. The van der Waals surface area contributed by atoms with Crippen molar-refractivity contribution in [2.75, 3.05) is 5.32 Å². The van der Waals surface area contributed by atoms with Gasteiger partial charge in [0.25, 0.3) is 0 Å². The number of nitrogens with two attached hydrogens (primary N) is 1. The van der Waals surface area contributed by atoms with Crippen LogP contribution in [0.25, 0.3) is 0 Å². The lowest BCUT2D eigenvalue weighted by Gasteiger charge is -2.16. The largest absolute Gasteiger partial charge is 0.390 e. The Kier molecular flexibility index (Phi) is 2.02. The standard InChI is InChI=1S/C10H10N2S/c11-10(13)8-5-7-3-1-2-4-9(7)12-6-8/h1-4,6,12H,5H2,(H2,11,13). The van der Waals surface area contributed by atoms with E-state index in [0.717, 1.165) is 17.7 Å². The first kappa shape index (κ1) is 8.26. The lowest BCUT2D eigenvalue weighted by atomic mass is 10.0. The van der Waals surface area contributed by atoms with E-state index in [2.05, 4.69) is 11.4 Å². The molecule has 1 aromatic rings. The van der Waals surface area contributed by atoms with Crippen molar-refractivity contribution in [2.45, 2.75) is 6.42 Å². The van der Waals surface area contributed by atoms with Crippen LogP contribution in [0.1, 0.15) is 5.56 Å². The summed E-state index contributed by atoms with van der Waals surface area (Å²) in [6, 6.07) is 8.14. The highest BCUT2D eigenvalue weighted by Crippen LogP contribution is 2.23. The van der Waals surface area contributed by atoms with Gasteiger partial charge in [0, 0.05) is 23.9 Å². The average Bonchev–Trinajstić information content (AvgIpc) is 2.17. The predicted molar refractivity (Wildman–Crippen MR) is 58.6 cm³/mol. The van der Waals surface area contributed by atoms with E-state index in [1.165, 1.54) is 5.56 Å². The molecule has 0 radical (unpaired) electrons. The number of anilines is 1. The summed E-state index contributed by atoms with van der Waals surface area (Å²) in [7, 11) is 0. The maximum atomic E-state index is 5.55. The van der Waals surface area contributed by atoms with Gasteiger partial charge in [-0.3, -0.25) is 0 Å². The van der Waals surface area contributed by atoms with Crippen molar-refractivity contribution in [2.24, 2.45) is 5.73 Å². The van der Waals surface area contributed by atoms with Crippen LogP contribution in [0.5, 0.6) is 0 Å². The summed E-state index contributed by atoms with van der Waals surface area (Å²) in [6.07, 6.45) is 2.71. The van der Waals surface area contributed by atoms with E-state index in [1.54, 1.807) is 0 Å². The number of hydrogen-bond acceptors (Lipinski definition) is 2. The first-order chi connectivity index (χ1) is 6.27. The normalized spacial score (nSPS) is 14.0. The molecular formula is C10H10N2S. The fourth-order valence-electron chi connectivity index (χ4n) is 1.39. The Bertz CT molecular complexity index is 382. The number of para-hydroxylation sites is 1. The Labute approximate surface area is 82.4 Å². The van der Waals surface area contributed by atoms with E-state index >= 15 is 0 Å². The number of hydrogen-bond donors (Lipinski definition) is 2. The van der Waals surface area contributed by atoms with Crippen molar-refractivity contribution in [3.05, 3.63) is 41.6 Å². The third kappa shape index (κ3) is 1.55. The highest BCUT2D eigenvalue weighted by molar-refractivity contribution is 7.80. The minimum atomic E-state index is 0.474. The number of thiocarbonyl (C=S) groups is 1. The molecule has 0 fully saturated rings. The van der Waals surface area contributed by atoms with Crippen molar-refractivity contribution in [1.29, 1.82) is 0 Å². The lowest BCUT2D eigenvalue weighted by Crippen LogP contribution is -2.17. The number of fused-ring (bicyclic) bond motifs is 1. The molecule has 66 valence electrons. The predicted octanol–water partition coefficient (Wildman–Crippen LogP) is 1.82. The fraction of sp³-hybridized carbons (Fsp3) is 0.100. The van der Waals surface area contributed by atoms with Crippen LogP contribution in [0.4, 0.5) is 5.69 Å². The van der Waals surface area contributed by atoms with Crippen LogP contribution in [0, 0.1) is 0 Å². The van der Waals surface area contributed by atoms with Gasteiger partial charge in [0.05, 0.1) is 0 Å². The van der Waals surface area contributed by atoms with Gasteiger partial charge in [0.2, 0.25) is 0 Å². The van der Waals surface area contributed by atoms with Crippen LogP contribution < -0.4 is 11.1 Å². The molecule has 0 aliphatic carbocycles. The van der Waals surface area contributed by atoms with Crippen LogP contribution >= 0.6 is 12.2 Å². The zero-order chi connectivity index (χ0) is 9.26. The summed E-state index contributed by atoms with van der Waals surface area (Å²) >= 11 is 4.91. The molecule has 3 N–H and O–H groups in total. The lowest BCUT2D eigenvalue weighted by molar-refractivity contribution is 1.18. The molecule has 0 spiro atoms. The second kappa shape index (κ2) is 3.18. The van der Waals surface area contributed by atoms with Gasteiger partial charge < -0.3 is 11.1 Å². The summed E-state index contributed by atoms with van der Waals surface area (Å²) in [4.78, 5) is 0.474. The minimum absolute atomic E-state index is 0.474. The quantitative estimate of drug-likeness (QED) is 0.663. The molecule has 1 aliphatic heterocycles. The smallest absolute Gasteiger partial charge is 0.101 e. The third-order valence-corrected chi connectivity index (χ3v) is 2.38. The van der Waals surface area contributed by atoms with Crippen LogP contribution in [0.2, 0.25) is 0 Å². The molecule has 2 nitrogen and oxygen atoms in total. The van der Waals surface area contributed by atoms with Crippen LogP contribution in [0.3, 0.4) is 0 Å². The topological polar surface area (TPSA) is 38.0 Å². The Morgan fingerprint density at radius 1 is 1.38 bits per heavy atom. The second-order valence-electron chi connectivity index (χ2n) is 3.01. The summed E-state index contributed by atoms with van der Waals surface area (Å²) in [6.45, 7) is 0. The van der Waals surface area contributed by atoms with Crippen LogP contribution in [-0.2, 0) is 6.42 Å². The van der Waals surface area contributed by atoms with E-state index in [0.29, 0.717) is 4.99 Å². The summed E-state index contributed by atoms with van der Waals surface area (Å²) in [5, 5.41) is 3.16. The SMILES string of the molecule is NC(=S)C1=CNc2ccccc2C1. The van der Waals surface area contributed by atoms with Crippen LogP contribution in [-0.4, -0.2) is 4.99 Å². The molecule has 1 heterocycles. The third-order valence-electron chi connectivity index (χ3n) is 2.12. The molecule has 2 rings (SSSR count). The van der Waals surface area contributed by atoms with Crippen LogP contribution in [0.15, 0.2) is 36.0 Å². The minimum Gasteiger partial charge on any atom is -0.390 e. The highest BCUT2D eigenvalue weighted by atomic mass is 32.1. The van der Waals surface area contributed by atoms with E-state index in [-0.39, 0.29) is 0 Å². The van der Waals surface area contributed by atoms with Gasteiger partial charge in [-0.25, -0.2) is 0 Å². The summed E-state index contributed by atoms with van der Waals surface area (Å²) in [5.41, 5.74) is 8.93.